The largest absolute Gasteiger partial charge is 0.744 e. The summed E-state index contributed by atoms with van der Waals surface area (Å²) in [5.41, 5.74) is 18.5. The summed E-state index contributed by atoms with van der Waals surface area (Å²) in [6.07, 6.45) is 0. The molecule has 0 amide bonds. The molecule has 0 aromatic heterocycles. The molecule has 0 bridgehead atoms. The first-order valence-corrected chi connectivity index (χ1v) is 17.1. The van der Waals surface area contributed by atoms with Crippen LogP contribution >= 0.6 is 0 Å². The Morgan fingerprint density at radius 2 is 0.896 bits per heavy atom. The van der Waals surface area contributed by atoms with Gasteiger partial charge in [-0.1, -0.05) is 36.4 Å². The molecular weight excluding hydrogens is 653 g/mol. The Labute approximate surface area is 276 Å². The van der Waals surface area contributed by atoms with Crippen LogP contribution in [0.1, 0.15) is 11.1 Å². The first-order chi connectivity index (χ1) is 22.7. The lowest BCUT2D eigenvalue weighted by Gasteiger charge is -2.11. The third kappa shape index (κ3) is 6.50. The fourth-order valence-electron chi connectivity index (χ4n) is 5.25. The average molecular weight is 679 g/mol. The zero-order chi connectivity index (χ0) is 34.4. The normalized spacial score (nSPS) is 12.5. The summed E-state index contributed by atoms with van der Waals surface area (Å²) >= 11 is 0. The number of azo groups is 2. The van der Waals surface area contributed by atoms with Crippen LogP contribution in [0.4, 0.5) is 34.1 Å². The van der Waals surface area contributed by atoms with E-state index in [0.29, 0.717) is 55.7 Å². The monoisotopic (exact) mass is 678 g/mol. The summed E-state index contributed by atoms with van der Waals surface area (Å²) in [4.78, 5) is -0.681. The smallest absolute Gasteiger partial charge is 0.124 e. The molecule has 0 radical (unpaired) electrons. The van der Waals surface area contributed by atoms with Crippen LogP contribution in [0.15, 0.2) is 127 Å². The lowest BCUT2D eigenvalue weighted by atomic mass is 10.0. The molecule has 0 heterocycles. The maximum Gasteiger partial charge on any atom is 0.124 e. The number of anilines is 2. The Bertz CT molecular complexity index is 2390. The Kier molecular flexibility index (Phi) is 8.26. The van der Waals surface area contributed by atoms with E-state index in [2.05, 4.69) is 20.5 Å². The average Bonchev–Trinajstić information content (AvgIpc) is 3.03. The quantitative estimate of drug-likeness (QED) is 0.0953. The minimum atomic E-state index is -4.61. The molecule has 0 aliphatic heterocycles. The first kappa shape index (κ1) is 32.4. The fraction of sp³-hybridized carbons (Fsp3) is 0.0588. The van der Waals surface area contributed by atoms with Crippen LogP contribution in [0.5, 0.6) is 0 Å². The maximum atomic E-state index is 11.5. The second kappa shape index (κ2) is 12.2. The van der Waals surface area contributed by atoms with Crippen LogP contribution in [0, 0.1) is 13.8 Å². The number of hydrogen-bond acceptors (Lipinski definition) is 12. The molecule has 6 aromatic rings. The lowest BCUT2D eigenvalue weighted by molar-refractivity contribution is 0.461. The highest BCUT2D eigenvalue weighted by Gasteiger charge is 2.11. The van der Waals surface area contributed by atoms with Crippen molar-refractivity contribution in [3.05, 3.63) is 108 Å². The maximum absolute atomic E-state index is 11.5. The Hall–Kier alpha value is -5.54. The van der Waals surface area contributed by atoms with E-state index in [0.717, 1.165) is 22.3 Å². The van der Waals surface area contributed by atoms with Crippen molar-refractivity contribution in [1.29, 1.82) is 0 Å². The number of rotatable bonds is 7. The van der Waals surface area contributed by atoms with Crippen LogP contribution in [0.3, 0.4) is 0 Å². The molecule has 48 heavy (non-hydrogen) atoms. The fourth-order valence-corrected chi connectivity index (χ4v) is 6.27. The number of aryl methyl sites for hydroxylation is 2. The molecular formula is C34H26N6O6S2-2. The first-order valence-electron chi connectivity index (χ1n) is 14.3. The van der Waals surface area contributed by atoms with Gasteiger partial charge in [-0.3, -0.25) is 0 Å². The molecule has 6 aromatic carbocycles. The van der Waals surface area contributed by atoms with Gasteiger partial charge < -0.3 is 20.6 Å². The molecule has 0 aliphatic carbocycles. The Balaban J connectivity index is 1.25. The van der Waals surface area contributed by atoms with E-state index in [-0.39, 0.29) is 9.79 Å². The van der Waals surface area contributed by atoms with Crippen LogP contribution in [-0.4, -0.2) is 25.9 Å². The van der Waals surface area contributed by atoms with Crippen molar-refractivity contribution in [3.63, 3.8) is 0 Å². The summed E-state index contributed by atoms with van der Waals surface area (Å²) in [7, 11) is -9.22. The van der Waals surface area contributed by atoms with Gasteiger partial charge in [0.25, 0.3) is 0 Å². The molecule has 0 saturated heterocycles. The minimum Gasteiger partial charge on any atom is -0.744 e. The highest BCUT2D eigenvalue weighted by Crippen LogP contribution is 2.38. The Morgan fingerprint density at radius 3 is 1.25 bits per heavy atom. The third-order valence-corrected chi connectivity index (χ3v) is 9.47. The molecule has 0 atom stereocenters. The van der Waals surface area contributed by atoms with E-state index in [9.17, 15) is 25.9 Å². The highest BCUT2D eigenvalue weighted by molar-refractivity contribution is 7.86. The Morgan fingerprint density at radius 1 is 0.500 bits per heavy atom. The van der Waals surface area contributed by atoms with Crippen molar-refractivity contribution in [2.45, 2.75) is 23.6 Å². The number of fused-ring (bicyclic) bond motifs is 2. The summed E-state index contributed by atoms with van der Waals surface area (Å²) in [5, 5.41) is 19.7. The van der Waals surface area contributed by atoms with Crippen molar-refractivity contribution < 1.29 is 25.9 Å². The van der Waals surface area contributed by atoms with Gasteiger partial charge in [-0.2, -0.15) is 10.2 Å². The number of nitrogens with zero attached hydrogens (tertiary/aromatic N) is 4. The number of benzene rings is 6. The number of nitrogens with two attached hydrogens (primary N) is 2. The van der Waals surface area contributed by atoms with Crippen molar-refractivity contribution >= 4 is 75.9 Å². The van der Waals surface area contributed by atoms with Crippen molar-refractivity contribution in [3.8, 4) is 11.1 Å². The van der Waals surface area contributed by atoms with Crippen molar-refractivity contribution in [2.75, 3.05) is 11.5 Å². The summed E-state index contributed by atoms with van der Waals surface area (Å²) in [6, 6.07) is 25.8. The molecule has 12 nitrogen and oxygen atoms in total. The lowest BCUT2D eigenvalue weighted by Crippen LogP contribution is -1.98. The molecule has 0 unspecified atom stereocenters. The number of nitrogen functional groups attached to an aromatic ring is 2. The topological polar surface area (TPSA) is 216 Å². The molecule has 0 spiro atoms. The standard InChI is InChI=1S/C34H28N6O6S2/c1-19-15-21(5-13-31(19)37-39-33-27-9-7-25(47(41,42)43)17-23(27)3-11-29(33)35)22-6-14-32(20(2)16-22)38-40-34-28-10-8-26(48(44,45)46)18-24(28)4-12-30(34)36/h3-18H,35-36H2,1-2H3,(H,41,42,43)(H,44,45,46)/p-2. The van der Waals surface area contributed by atoms with Gasteiger partial charge in [0.1, 0.15) is 31.6 Å². The number of hydrogen-bond donors (Lipinski definition) is 2. The SMILES string of the molecule is Cc1cc(-c2ccc(N=Nc3c(N)ccc4cc(S(=O)(=O)[O-])ccc34)c(C)c2)ccc1N=Nc1c(N)ccc2cc(S(=O)(=O)[O-])ccc12. The van der Waals surface area contributed by atoms with Gasteiger partial charge >= 0.3 is 0 Å². The molecule has 0 aliphatic rings. The van der Waals surface area contributed by atoms with Crippen LogP contribution in [-0.2, 0) is 20.2 Å². The van der Waals surface area contributed by atoms with Gasteiger partial charge in [0.05, 0.1) is 32.5 Å². The molecule has 0 saturated carbocycles. The molecule has 14 heteroatoms. The van der Waals surface area contributed by atoms with Crippen molar-refractivity contribution in [2.24, 2.45) is 20.5 Å². The van der Waals surface area contributed by atoms with Gasteiger partial charge in [0.15, 0.2) is 0 Å². The van der Waals surface area contributed by atoms with E-state index in [1.54, 1.807) is 24.3 Å². The van der Waals surface area contributed by atoms with Gasteiger partial charge in [-0.25, -0.2) is 16.8 Å². The van der Waals surface area contributed by atoms with Gasteiger partial charge in [0, 0.05) is 10.8 Å². The molecule has 0 fully saturated rings. The molecule has 6 rings (SSSR count). The van der Waals surface area contributed by atoms with E-state index in [1.165, 1.54) is 36.4 Å². The second-order valence-corrected chi connectivity index (χ2v) is 13.8. The minimum absolute atomic E-state index is 0.341. The van der Waals surface area contributed by atoms with Crippen LogP contribution in [0.25, 0.3) is 32.7 Å². The second-order valence-electron chi connectivity index (χ2n) is 11.1. The third-order valence-electron chi connectivity index (χ3n) is 7.81. The highest BCUT2D eigenvalue weighted by atomic mass is 32.2. The summed E-state index contributed by atoms with van der Waals surface area (Å²) < 4.78 is 68.7. The van der Waals surface area contributed by atoms with Gasteiger partial charge in [-0.05, 0) is 108 Å². The van der Waals surface area contributed by atoms with E-state index in [1.807, 2.05) is 50.2 Å². The predicted molar refractivity (Wildman–Crippen MR) is 182 cm³/mol. The summed E-state index contributed by atoms with van der Waals surface area (Å²) in [6.45, 7) is 3.80. The van der Waals surface area contributed by atoms with E-state index in [4.69, 9.17) is 11.5 Å². The van der Waals surface area contributed by atoms with Gasteiger partial charge in [0.2, 0.25) is 0 Å². The van der Waals surface area contributed by atoms with Crippen molar-refractivity contribution in [1.82, 2.24) is 0 Å². The molecule has 4 N–H and O–H groups in total. The van der Waals surface area contributed by atoms with Gasteiger partial charge in [-0.15, -0.1) is 10.2 Å². The summed E-state index contributed by atoms with van der Waals surface area (Å²) in [5.74, 6) is 0. The zero-order valence-corrected chi connectivity index (χ0v) is 27.1. The predicted octanol–water partition coefficient (Wildman–Crippen LogP) is 8.08. The van der Waals surface area contributed by atoms with Crippen LogP contribution in [0.2, 0.25) is 0 Å². The van der Waals surface area contributed by atoms with E-state index >= 15 is 0 Å². The molecule has 242 valence electrons. The zero-order valence-electron chi connectivity index (χ0n) is 25.4. The van der Waals surface area contributed by atoms with E-state index < -0.39 is 20.2 Å². The van der Waals surface area contributed by atoms with Crippen LogP contribution < -0.4 is 11.5 Å².